The first-order valence-electron chi connectivity index (χ1n) is 11.5. The van der Waals surface area contributed by atoms with E-state index in [9.17, 15) is 14.3 Å². The molecule has 0 bridgehead atoms. The average Bonchev–Trinajstić information content (AvgIpc) is 3.29. The maximum absolute atomic E-state index is 12.5. The quantitative estimate of drug-likeness (QED) is 0.225. The van der Waals surface area contributed by atoms with Gasteiger partial charge in [-0.15, -0.1) is 11.6 Å². The number of rotatable bonds is 10. The van der Waals surface area contributed by atoms with Crippen molar-refractivity contribution in [1.82, 2.24) is 24.6 Å². The molecule has 202 valence electrons. The van der Waals surface area contributed by atoms with Crippen molar-refractivity contribution >= 4 is 42.4 Å². The molecule has 0 radical (unpaired) electrons. The van der Waals surface area contributed by atoms with E-state index in [4.69, 9.17) is 36.1 Å². The number of carbonyl (C=O) groups excluding carboxylic acids is 1. The molecule has 0 aromatic carbocycles. The van der Waals surface area contributed by atoms with Gasteiger partial charge in [-0.05, 0) is 48.0 Å². The van der Waals surface area contributed by atoms with E-state index >= 15 is 0 Å². The van der Waals surface area contributed by atoms with Gasteiger partial charge in [-0.25, -0.2) is 14.6 Å². The number of nitrogens with zero attached hydrogens (tertiary/aromatic N) is 4. The molecule has 0 amide bonds. The second-order valence-corrected chi connectivity index (χ2v) is 12.4. The van der Waals surface area contributed by atoms with E-state index in [1.54, 1.807) is 39.2 Å². The predicted octanol–water partition coefficient (Wildman–Crippen LogP) is 2.78. The highest BCUT2D eigenvalue weighted by Gasteiger charge is 2.46. The third kappa shape index (κ3) is 6.84. The van der Waals surface area contributed by atoms with E-state index in [0.717, 1.165) is 0 Å². The zero-order chi connectivity index (χ0) is 26.9. The molecule has 13 nitrogen and oxygen atoms in total. The van der Waals surface area contributed by atoms with Gasteiger partial charge in [-0.2, -0.15) is 9.97 Å². The highest BCUT2D eigenvalue weighted by molar-refractivity contribution is 7.50. The van der Waals surface area contributed by atoms with Crippen LogP contribution in [0, 0.1) is 5.41 Å². The van der Waals surface area contributed by atoms with E-state index in [0.29, 0.717) is 24.2 Å². The third-order valence-corrected chi connectivity index (χ3v) is 6.91. The molecule has 15 heteroatoms. The van der Waals surface area contributed by atoms with E-state index < -0.39 is 42.4 Å². The second-order valence-electron chi connectivity index (χ2n) is 9.93. The van der Waals surface area contributed by atoms with Crippen LogP contribution in [0.2, 0.25) is 0 Å². The monoisotopic (exact) mass is 548 g/mol. The number of nitrogen functional groups attached to an aromatic ring is 1. The zero-order valence-corrected chi connectivity index (χ0v) is 22.9. The van der Waals surface area contributed by atoms with Crippen molar-refractivity contribution in [2.75, 3.05) is 25.6 Å². The third-order valence-electron chi connectivity index (χ3n) is 5.30. The number of halogens is 1. The molecule has 0 aliphatic carbocycles. The van der Waals surface area contributed by atoms with Crippen LogP contribution in [0.1, 0.15) is 54.2 Å². The minimum absolute atomic E-state index is 0.0106. The molecule has 1 aliphatic rings. The highest BCUT2D eigenvalue weighted by Crippen LogP contribution is 2.46. The van der Waals surface area contributed by atoms with Crippen LogP contribution in [-0.4, -0.2) is 67.2 Å². The van der Waals surface area contributed by atoms with Crippen molar-refractivity contribution in [3.05, 3.63) is 6.33 Å². The Hall–Kier alpha value is -2.02. The minimum Gasteiger partial charge on any atom is -0.476 e. The Bertz CT molecular complexity index is 1140. The van der Waals surface area contributed by atoms with E-state index in [2.05, 4.69) is 20.0 Å². The number of hydrogen-bond acceptors (Lipinski definition) is 10. The number of aromatic nitrogens is 4. The summed E-state index contributed by atoms with van der Waals surface area (Å²) in [6.45, 7) is 10.4. The molecule has 2 aromatic heterocycles. The first kappa shape index (κ1) is 28.5. The average molecular weight is 549 g/mol. The summed E-state index contributed by atoms with van der Waals surface area (Å²) >= 11 is 6.77. The van der Waals surface area contributed by atoms with Gasteiger partial charge in [-0.1, -0.05) is 0 Å². The van der Waals surface area contributed by atoms with Gasteiger partial charge in [0.05, 0.1) is 35.9 Å². The van der Waals surface area contributed by atoms with Crippen molar-refractivity contribution in [3.8, 4) is 5.88 Å². The summed E-state index contributed by atoms with van der Waals surface area (Å²) in [5.74, 6) is -0.150. The molecule has 1 aliphatic heterocycles. The van der Waals surface area contributed by atoms with Crippen LogP contribution >= 0.6 is 19.3 Å². The van der Waals surface area contributed by atoms with E-state index in [-0.39, 0.29) is 25.0 Å². The van der Waals surface area contributed by atoms with Gasteiger partial charge < -0.3 is 24.8 Å². The molecule has 36 heavy (non-hydrogen) atoms. The maximum atomic E-state index is 12.5. The second kappa shape index (κ2) is 10.8. The summed E-state index contributed by atoms with van der Waals surface area (Å²) in [7, 11) is -4.22. The molecule has 5 atom stereocenters. The standard InChI is InChI=1S/C21H34ClN6O7P/c1-7-32-16-14-15(25-19(23)26-16)28(11-24-14)17-21(6,22)8-13(35-17)10-34-36(30,31)27-12(2)9-33-18(29)20(3,4)5/h11-13,17H,7-10H2,1-6H3,(H2,23,25,26)(H2,27,30,31)/t12-,13-,17+,21+/m0/s1. The van der Waals surface area contributed by atoms with Gasteiger partial charge in [-0.3, -0.25) is 13.9 Å². The number of carbonyl (C=O) groups is 1. The lowest BCUT2D eigenvalue weighted by Gasteiger charge is -2.24. The van der Waals surface area contributed by atoms with Gasteiger partial charge in [0.2, 0.25) is 11.8 Å². The molecule has 4 N–H and O–H groups in total. The van der Waals surface area contributed by atoms with Crippen LogP contribution in [0.4, 0.5) is 5.95 Å². The largest absolute Gasteiger partial charge is 0.476 e. The summed E-state index contributed by atoms with van der Waals surface area (Å²) in [4.78, 5) is 33.9. The number of alkyl halides is 1. The number of nitrogens with one attached hydrogen (secondary N) is 1. The highest BCUT2D eigenvalue weighted by atomic mass is 35.5. The van der Waals surface area contributed by atoms with Crippen molar-refractivity contribution in [2.45, 2.75) is 71.2 Å². The maximum Gasteiger partial charge on any atom is 0.403 e. The van der Waals surface area contributed by atoms with Crippen molar-refractivity contribution in [1.29, 1.82) is 0 Å². The van der Waals surface area contributed by atoms with Crippen molar-refractivity contribution in [3.63, 3.8) is 0 Å². The minimum atomic E-state index is -4.22. The Balaban J connectivity index is 1.63. The van der Waals surface area contributed by atoms with Gasteiger partial charge in [0.15, 0.2) is 17.4 Å². The van der Waals surface area contributed by atoms with Crippen molar-refractivity contribution in [2.24, 2.45) is 5.41 Å². The first-order valence-corrected chi connectivity index (χ1v) is 13.5. The SMILES string of the molecule is CCOc1nc(N)nc2c1ncn2[C@@H]1O[C@H](COP(=O)(O)N[C@@H](C)COC(=O)C(C)(C)C)C[C@@]1(C)Cl. The van der Waals surface area contributed by atoms with Crippen LogP contribution in [0.5, 0.6) is 5.88 Å². The van der Waals surface area contributed by atoms with Gasteiger partial charge in [0, 0.05) is 6.04 Å². The smallest absolute Gasteiger partial charge is 0.403 e. The van der Waals surface area contributed by atoms with Crippen molar-refractivity contribution < 1.29 is 33.0 Å². The molecular weight excluding hydrogens is 515 g/mol. The number of ether oxygens (including phenoxy) is 3. The Kier molecular flexibility index (Phi) is 8.54. The Morgan fingerprint density at radius 2 is 2.17 bits per heavy atom. The molecular formula is C21H34ClN6O7P. The number of fused-ring (bicyclic) bond motifs is 1. The fourth-order valence-electron chi connectivity index (χ4n) is 3.64. The Morgan fingerprint density at radius 1 is 1.47 bits per heavy atom. The Labute approximate surface area is 214 Å². The molecule has 3 rings (SSSR count). The summed E-state index contributed by atoms with van der Waals surface area (Å²) < 4.78 is 36.2. The van der Waals surface area contributed by atoms with Crippen LogP contribution in [0.25, 0.3) is 11.2 Å². The number of esters is 1. The number of anilines is 1. The molecule has 0 spiro atoms. The Morgan fingerprint density at radius 3 is 2.81 bits per heavy atom. The summed E-state index contributed by atoms with van der Waals surface area (Å²) in [6.07, 6.45) is 0.505. The lowest BCUT2D eigenvalue weighted by atomic mass is 9.97. The summed E-state index contributed by atoms with van der Waals surface area (Å²) in [6, 6.07) is -0.621. The normalized spacial score (nSPS) is 25.0. The predicted molar refractivity (Wildman–Crippen MR) is 132 cm³/mol. The van der Waals surface area contributed by atoms with Gasteiger partial charge in [0.25, 0.3) is 0 Å². The molecule has 1 saturated heterocycles. The lowest BCUT2D eigenvalue weighted by molar-refractivity contribution is -0.153. The zero-order valence-electron chi connectivity index (χ0n) is 21.2. The first-order chi connectivity index (χ1) is 16.6. The fourth-order valence-corrected chi connectivity index (χ4v) is 5.05. The number of imidazole rings is 1. The molecule has 3 heterocycles. The van der Waals surface area contributed by atoms with Crippen LogP contribution in [0.3, 0.4) is 0 Å². The van der Waals surface area contributed by atoms with Crippen LogP contribution < -0.4 is 15.6 Å². The van der Waals surface area contributed by atoms with E-state index in [1.807, 2.05) is 6.92 Å². The molecule has 2 aromatic rings. The molecule has 0 saturated carbocycles. The summed E-state index contributed by atoms with van der Waals surface area (Å²) in [5.41, 5.74) is 5.96. The summed E-state index contributed by atoms with van der Waals surface area (Å²) in [5, 5.41) is 2.46. The van der Waals surface area contributed by atoms with Crippen LogP contribution in [-0.2, 0) is 23.4 Å². The topological polar surface area (TPSA) is 173 Å². The number of nitrogens with two attached hydrogens (primary N) is 1. The lowest BCUT2D eigenvalue weighted by Crippen LogP contribution is -2.33. The van der Waals surface area contributed by atoms with E-state index in [1.165, 1.54) is 6.33 Å². The van der Waals surface area contributed by atoms with Gasteiger partial charge in [0.1, 0.15) is 6.61 Å². The van der Waals surface area contributed by atoms with Crippen LogP contribution in [0.15, 0.2) is 6.33 Å². The number of hydrogen-bond donors (Lipinski definition) is 3. The molecule has 1 unspecified atom stereocenters. The molecule has 1 fully saturated rings. The fraction of sp³-hybridized carbons (Fsp3) is 0.714. The van der Waals surface area contributed by atoms with Gasteiger partial charge >= 0.3 is 13.7 Å².